The molecule has 0 radical (unpaired) electrons. The Morgan fingerprint density at radius 2 is 2.05 bits per heavy atom. The summed E-state index contributed by atoms with van der Waals surface area (Å²) in [5.74, 6) is 0.367. The Hall–Kier alpha value is -3.03. The number of hydrogen-bond donors (Lipinski definition) is 1. The van der Waals surface area contributed by atoms with E-state index in [1.165, 1.54) is 16.8 Å². The van der Waals surface area contributed by atoms with Crippen LogP contribution in [0.3, 0.4) is 0 Å². The van der Waals surface area contributed by atoms with Crippen LogP contribution in [0.5, 0.6) is 0 Å². The lowest BCUT2D eigenvalue weighted by molar-refractivity contribution is -0.384. The summed E-state index contributed by atoms with van der Waals surface area (Å²) >= 11 is 0. The number of nitrogens with two attached hydrogens (primary N) is 1. The van der Waals surface area contributed by atoms with E-state index >= 15 is 0 Å². The van der Waals surface area contributed by atoms with E-state index in [4.69, 9.17) is 5.73 Å². The molecule has 0 atom stereocenters. The molecule has 0 spiro atoms. The molecule has 0 saturated carbocycles. The summed E-state index contributed by atoms with van der Waals surface area (Å²) in [5.41, 5.74) is 6.46. The minimum absolute atomic E-state index is 0.0101. The molecule has 0 bridgehead atoms. The molecule has 2 heterocycles. The van der Waals surface area contributed by atoms with Crippen molar-refractivity contribution in [3.63, 3.8) is 0 Å². The second-order valence-electron chi connectivity index (χ2n) is 3.79. The van der Waals surface area contributed by atoms with E-state index in [-0.39, 0.29) is 11.6 Å². The van der Waals surface area contributed by atoms with Crippen molar-refractivity contribution in [3.05, 3.63) is 46.6 Å². The van der Waals surface area contributed by atoms with Crippen LogP contribution in [0.4, 0.5) is 11.6 Å². The highest BCUT2D eigenvalue weighted by molar-refractivity contribution is 5.71. The molecule has 3 aromatic rings. The third-order valence-electron chi connectivity index (χ3n) is 2.63. The quantitative estimate of drug-likeness (QED) is 0.546. The topological polar surface area (TPSA) is 112 Å². The first-order chi connectivity index (χ1) is 9.16. The number of benzene rings is 1. The van der Waals surface area contributed by atoms with E-state index < -0.39 is 4.92 Å². The molecule has 8 heteroatoms. The van der Waals surface area contributed by atoms with E-state index in [9.17, 15) is 10.1 Å². The van der Waals surface area contributed by atoms with Gasteiger partial charge in [-0.2, -0.15) is 9.50 Å². The Morgan fingerprint density at radius 1 is 1.26 bits per heavy atom. The molecular formula is C11H8N6O2. The van der Waals surface area contributed by atoms with Crippen molar-refractivity contribution in [2.75, 3.05) is 5.73 Å². The lowest BCUT2D eigenvalue weighted by Crippen LogP contribution is -1.99. The van der Waals surface area contributed by atoms with Crippen molar-refractivity contribution >= 4 is 17.4 Å². The molecule has 0 fully saturated rings. The minimum Gasteiger partial charge on any atom is -0.366 e. The second kappa shape index (κ2) is 4.02. The minimum atomic E-state index is -0.443. The molecule has 0 aliphatic carbocycles. The second-order valence-corrected chi connectivity index (χ2v) is 3.79. The molecule has 0 amide bonds. The van der Waals surface area contributed by atoms with Gasteiger partial charge in [0.05, 0.1) is 16.2 Å². The van der Waals surface area contributed by atoms with E-state index in [0.29, 0.717) is 17.0 Å². The van der Waals surface area contributed by atoms with Gasteiger partial charge in [0, 0.05) is 12.3 Å². The SMILES string of the molecule is Nc1nc2nccc(-c3ccccc3[N+](=O)[O-])n2n1. The van der Waals surface area contributed by atoms with Crippen LogP contribution in [0.1, 0.15) is 0 Å². The number of fused-ring (bicyclic) bond motifs is 1. The lowest BCUT2D eigenvalue weighted by Gasteiger charge is -2.04. The summed E-state index contributed by atoms with van der Waals surface area (Å²) in [7, 11) is 0. The third kappa shape index (κ3) is 1.75. The molecular weight excluding hydrogens is 248 g/mol. The fourth-order valence-electron chi connectivity index (χ4n) is 1.86. The standard InChI is InChI=1S/C11H8N6O2/c12-10-14-11-13-6-5-8(16(11)15-10)7-3-1-2-4-9(7)17(18)19/h1-6H,(H2,12,15). The van der Waals surface area contributed by atoms with Gasteiger partial charge in [0.15, 0.2) is 0 Å². The number of nitro groups is 1. The van der Waals surface area contributed by atoms with Crippen LogP contribution in [0.2, 0.25) is 0 Å². The van der Waals surface area contributed by atoms with Gasteiger partial charge in [0.1, 0.15) is 0 Å². The molecule has 0 saturated heterocycles. The lowest BCUT2D eigenvalue weighted by atomic mass is 10.1. The van der Waals surface area contributed by atoms with Gasteiger partial charge in [0.25, 0.3) is 11.5 Å². The molecule has 8 nitrogen and oxygen atoms in total. The average molecular weight is 256 g/mol. The number of para-hydroxylation sites is 1. The summed E-state index contributed by atoms with van der Waals surface area (Å²) in [5, 5.41) is 15.0. The van der Waals surface area contributed by atoms with E-state index in [0.717, 1.165) is 0 Å². The van der Waals surface area contributed by atoms with Crippen molar-refractivity contribution in [1.82, 2.24) is 19.6 Å². The molecule has 2 N–H and O–H groups in total. The van der Waals surface area contributed by atoms with Gasteiger partial charge >= 0.3 is 0 Å². The number of nitro benzene ring substituents is 1. The maximum atomic E-state index is 11.1. The highest BCUT2D eigenvalue weighted by Gasteiger charge is 2.17. The van der Waals surface area contributed by atoms with Gasteiger partial charge in [-0.15, -0.1) is 5.10 Å². The summed E-state index contributed by atoms with van der Waals surface area (Å²) in [6, 6.07) is 8.03. The average Bonchev–Trinajstić information content (AvgIpc) is 2.78. The van der Waals surface area contributed by atoms with E-state index in [1.54, 1.807) is 24.3 Å². The number of nitrogen functional groups attached to an aromatic ring is 1. The van der Waals surface area contributed by atoms with Crippen molar-refractivity contribution in [2.24, 2.45) is 0 Å². The number of aromatic nitrogens is 4. The first-order valence-electron chi connectivity index (χ1n) is 5.38. The van der Waals surface area contributed by atoms with Crippen LogP contribution < -0.4 is 5.73 Å². The van der Waals surface area contributed by atoms with Gasteiger partial charge in [-0.1, -0.05) is 12.1 Å². The Morgan fingerprint density at radius 3 is 2.84 bits per heavy atom. The molecule has 19 heavy (non-hydrogen) atoms. The third-order valence-corrected chi connectivity index (χ3v) is 2.63. The zero-order chi connectivity index (χ0) is 13.4. The van der Waals surface area contributed by atoms with Gasteiger partial charge in [-0.05, 0) is 12.1 Å². The van der Waals surface area contributed by atoms with Crippen molar-refractivity contribution < 1.29 is 4.92 Å². The Bertz CT molecular complexity index is 782. The van der Waals surface area contributed by atoms with E-state index in [1.807, 2.05) is 0 Å². The maximum absolute atomic E-state index is 11.1. The zero-order valence-corrected chi connectivity index (χ0v) is 9.59. The Kier molecular flexibility index (Phi) is 2.34. The fourth-order valence-corrected chi connectivity index (χ4v) is 1.86. The molecule has 0 unspecified atom stereocenters. The zero-order valence-electron chi connectivity index (χ0n) is 9.59. The number of rotatable bonds is 2. The van der Waals surface area contributed by atoms with Crippen LogP contribution in [0.15, 0.2) is 36.5 Å². The summed E-state index contributed by atoms with van der Waals surface area (Å²) in [6.45, 7) is 0. The molecule has 0 aliphatic rings. The van der Waals surface area contributed by atoms with Crippen LogP contribution in [0, 0.1) is 10.1 Å². The number of hydrogen-bond acceptors (Lipinski definition) is 6. The molecule has 94 valence electrons. The summed E-state index contributed by atoms with van der Waals surface area (Å²) < 4.78 is 1.39. The highest BCUT2D eigenvalue weighted by Crippen LogP contribution is 2.28. The molecule has 1 aromatic carbocycles. The first kappa shape index (κ1) is 11.1. The number of anilines is 1. The summed E-state index contributed by atoms with van der Waals surface area (Å²) in [6.07, 6.45) is 1.51. The van der Waals surface area contributed by atoms with Gasteiger partial charge in [-0.3, -0.25) is 10.1 Å². The monoisotopic (exact) mass is 256 g/mol. The molecule has 0 aliphatic heterocycles. The van der Waals surface area contributed by atoms with Crippen molar-refractivity contribution in [2.45, 2.75) is 0 Å². The van der Waals surface area contributed by atoms with Crippen LogP contribution in [-0.2, 0) is 0 Å². The predicted molar refractivity (Wildman–Crippen MR) is 67.3 cm³/mol. The fraction of sp³-hybridized carbons (Fsp3) is 0. The van der Waals surface area contributed by atoms with Crippen LogP contribution >= 0.6 is 0 Å². The van der Waals surface area contributed by atoms with E-state index in [2.05, 4.69) is 15.1 Å². The normalized spacial score (nSPS) is 10.7. The summed E-state index contributed by atoms with van der Waals surface area (Å²) in [4.78, 5) is 18.5. The highest BCUT2D eigenvalue weighted by atomic mass is 16.6. The van der Waals surface area contributed by atoms with Crippen molar-refractivity contribution in [3.8, 4) is 11.3 Å². The molecule has 2 aromatic heterocycles. The largest absolute Gasteiger partial charge is 0.366 e. The predicted octanol–water partition coefficient (Wildman–Crippen LogP) is 1.28. The Labute approximate surface area is 106 Å². The van der Waals surface area contributed by atoms with Crippen LogP contribution in [-0.4, -0.2) is 24.5 Å². The van der Waals surface area contributed by atoms with Gasteiger partial charge < -0.3 is 5.73 Å². The van der Waals surface area contributed by atoms with Gasteiger partial charge in [-0.25, -0.2) is 4.98 Å². The first-order valence-corrected chi connectivity index (χ1v) is 5.38. The number of nitrogens with zero attached hydrogens (tertiary/aromatic N) is 5. The molecule has 3 rings (SSSR count). The van der Waals surface area contributed by atoms with Crippen LogP contribution in [0.25, 0.3) is 17.0 Å². The van der Waals surface area contributed by atoms with Gasteiger partial charge in [0.2, 0.25) is 5.95 Å². The maximum Gasteiger partial charge on any atom is 0.278 e. The Balaban J connectivity index is 2.33. The van der Waals surface area contributed by atoms with Crippen molar-refractivity contribution in [1.29, 1.82) is 0 Å². The smallest absolute Gasteiger partial charge is 0.278 e.